The van der Waals surface area contributed by atoms with E-state index in [9.17, 15) is 14.4 Å². The first-order valence-corrected chi connectivity index (χ1v) is 10.6. The Bertz CT molecular complexity index is 770. The number of carbonyl (C=O) groups excluding carboxylic acids is 3. The SMILES string of the molecule is CCCNC(=O)[C@H]1COC2(CCN(C(=O)C3CC3)CC2)N1C(=O)c1ccccc1. The monoisotopic (exact) mass is 399 g/mol. The second kappa shape index (κ2) is 8.14. The van der Waals surface area contributed by atoms with Crippen molar-refractivity contribution < 1.29 is 19.1 Å². The van der Waals surface area contributed by atoms with E-state index in [0.717, 1.165) is 19.3 Å². The highest BCUT2D eigenvalue weighted by Gasteiger charge is 2.54. The number of amides is 3. The molecular formula is C22H29N3O4. The smallest absolute Gasteiger partial charge is 0.256 e. The lowest BCUT2D eigenvalue weighted by atomic mass is 9.96. The van der Waals surface area contributed by atoms with Gasteiger partial charge in [-0.2, -0.15) is 0 Å². The number of hydrogen-bond acceptors (Lipinski definition) is 4. The van der Waals surface area contributed by atoms with E-state index >= 15 is 0 Å². The molecule has 3 aliphatic rings. The summed E-state index contributed by atoms with van der Waals surface area (Å²) in [6.07, 6.45) is 3.85. The van der Waals surface area contributed by atoms with Crippen molar-refractivity contribution in [1.82, 2.24) is 15.1 Å². The molecule has 29 heavy (non-hydrogen) atoms. The average molecular weight is 399 g/mol. The van der Waals surface area contributed by atoms with Crippen LogP contribution in [0.2, 0.25) is 0 Å². The van der Waals surface area contributed by atoms with Gasteiger partial charge >= 0.3 is 0 Å². The molecule has 0 bridgehead atoms. The lowest BCUT2D eigenvalue weighted by Crippen LogP contribution is -2.60. The molecule has 7 heteroatoms. The van der Waals surface area contributed by atoms with Gasteiger partial charge in [-0.3, -0.25) is 19.3 Å². The Morgan fingerprint density at radius 3 is 2.45 bits per heavy atom. The van der Waals surface area contributed by atoms with Gasteiger partial charge < -0.3 is 15.0 Å². The number of benzene rings is 1. The fourth-order valence-corrected chi connectivity index (χ4v) is 4.32. The van der Waals surface area contributed by atoms with Crippen LogP contribution in [0.5, 0.6) is 0 Å². The summed E-state index contributed by atoms with van der Waals surface area (Å²) in [5.41, 5.74) is -0.288. The predicted molar refractivity (Wildman–Crippen MR) is 107 cm³/mol. The lowest BCUT2D eigenvalue weighted by molar-refractivity contribution is -0.144. The standard InChI is InChI=1S/C22H29N3O4/c1-2-12-23-19(26)18-15-29-22(25(18)21(28)16-6-4-3-5-7-16)10-13-24(14-11-22)20(27)17-8-9-17/h3-7,17-18H,2,8-15H2,1H3,(H,23,26)/t18-/m1/s1. The molecule has 2 saturated heterocycles. The summed E-state index contributed by atoms with van der Waals surface area (Å²) >= 11 is 0. The van der Waals surface area contributed by atoms with Crippen LogP contribution >= 0.6 is 0 Å². The van der Waals surface area contributed by atoms with E-state index in [4.69, 9.17) is 4.74 Å². The Balaban J connectivity index is 1.56. The fourth-order valence-electron chi connectivity index (χ4n) is 4.32. The zero-order valence-corrected chi connectivity index (χ0v) is 16.9. The van der Waals surface area contributed by atoms with Crippen molar-refractivity contribution in [3.63, 3.8) is 0 Å². The van der Waals surface area contributed by atoms with Crippen LogP contribution in [0.15, 0.2) is 30.3 Å². The van der Waals surface area contributed by atoms with Crippen molar-refractivity contribution >= 4 is 17.7 Å². The minimum absolute atomic E-state index is 0.176. The molecule has 3 fully saturated rings. The van der Waals surface area contributed by atoms with Crippen molar-refractivity contribution in [2.45, 2.75) is 50.8 Å². The zero-order valence-electron chi connectivity index (χ0n) is 16.9. The molecule has 1 aromatic carbocycles. The molecule has 4 rings (SSSR count). The lowest BCUT2D eigenvalue weighted by Gasteiger charge is -2.44. The summed E-state index contributed by atoms with van der Waals surface area (Å²) in [7, 11) is 0. The fraction of sp³-hybridized carbons (Fsp3) is 0.591. The van der Waals surface area contributed by atoms with E-state index in [1.54, 1.807) is 17.0 Å². The van der Waals surface area contributed by atoms with Crippen LogP contribution < -0.4 is 5.32 Å². The van der Waals surface area contributed by atoms with E-state index < -0.39 is 11.8 Å². The van der Waals surface area contributed by atoms with Gasteiger partial charge in [0.15, 0.2) is 0 Å². The molecule has 0 aromatic heterocycles. The van der Waals surface area contributed by atoms with Gasteiger partial charge in [-0.05, 0) is 31.4 Å². The number of rotatable bonds is 5. The maximum absolute atomic E-state index is 13.4. The minimum atomic E-state index is -0.832. The molecule has 1 saturated carbocycles. The van der Waals surface area contributed by atoms with E-state index in [0.29, 0.717) is 38.0 Å². The van der Waals surface area contributed by atoms with Gasteiger partial charge in [-0.15, -0.1) is 0 Å². The molecular weight excluding hydrogens is 370 g/mol. The highest BCUT2D eigenvalue weighted by atomic mass is 16.5. The highest BCUT2D eigenvalue weighted by Crippen LogP contribution is 2.40. The van der Waals surface area contributed by atoms with E-state index in [1.807, 2.05) is 30.0 Å². The number of likely N-dealkylation sites (tertiary alicyclic amines) is 1. The average Bonchev–Trinajstić information content (AvgIpc) is 3.55. The van der Waals surface area contributed by atoms with Crippen molar-refractivity contribution in [3.8, 4) is 0 Å². The molecule has 1 atom stereocenters. The van der Waals surface area contributed by atoms with Gasteiger partial charge in [-0.1, -0.05) is 25.1 Å². The van der Waals surface area contributed by atoms with E-state index in [2.05, 4.69) is 5.32 Å². The third-order valence-corrected chi connectivity index (χ3v) is 6.13. The molecule has 0 radical (unpaired) electrons. The summed E-state index contributed by atoms with van der Waals surface area (Å²) in [5, 5.41) is 2.91. The van der Waals surface area contributed by atoms with Gasteiger partial charge in [0.05, 0.1) is 6.61 Å². The van der Waals surface area contributed by atoms with Gasteiger partial charge in [-0.25, -0.2) is 0 Å². The van der Waals surface area contributed by atoms with Crippen molar-refractivity contribution in [3.05, 3.63) is 35.9 Å². The Labute approximate surface area is 171 Å². The summed E-state index contributed by atoms with van der Waals surface area (Å²) in [4.78, 5) is 42.2. The number of piperidine rings is 1. The molecule has 1 aromatic rings. The maximum atomic E-state index is 13.4. The Morgan fingerprint density at radius 2 is 1.83 bits per heavy atom. The number of ether oxygens (including phenoxy) is 1. The molecule has 156 valence electrons. The third kappa shape index (κ3) is 3.88. The molecule has 1 spiro atoms. The topological polar surface area (TPSA) is 79.0 Å². The first-order valence-electron chi connectivity index (χ1n) is 10.6. The van der Waals surface area contributed by atoms with Crippen LogP contribution in [-0.2, 0) is 14.3 Å². The Morgan fingerprint density at radius 1 is 1.14 bits per heavy atom. The summed E-state index contributed by atoms with van der Waals surface area (Å²) in [6, 6.07) is 8.38. The molecule has 2 heterocycles. The molecule has 3 amide bonds. The molecule has 1 aliphatic carbocycles. The quantitative estimate of drug-likeness (QED) is 0.819. The second-order valence-corrected chi connectivity index (χ2v) is 8.20. The number of nitrogens with zero attached hydrogens (tertiary/aromatic N) is 2. The molecule has 2 aliphatic heterocycles. The van der Waals surface area contributed by atoms with Crippen LogP contribution in [0.25, 0.3) is 0 Å². The van der Waals surface area contributed by atoms with Crippen molar-refractivity contribution in [2.75, 3.05) is 26.2 Å². The van der Waals surface area contributed by atoms with Crippen LogP contribution in [-0.4, -0.2) is 65.5 Å². The van der Waals surface area contributed by atoms with E-state index in [-0.39, 0.29) is 30.2 Å². The highest BCUT2D eigenvalue weighted by molar-refractivity contribution is 5.98. The van der Waals surface area contributed by atoms with Gasteiger partial charge in [0.1, 0.15) is 11.8 Å². The van der Waals surface area contributed by atoms with Gasteiger partial charge in [0, 0.05) is 44.0 Å². The van der Waals surface area contributed by atoms with E-state index in [1.165, 1.54) is 0 Å². The van der Waals surface area contributed by atoms with Crippen molar-refractivity contribution in [1.29, 1.82) is 0 Å². The minimum Gasteiger partial charge on any atom is -0.354 e. The number of nitrogens with one attached hydrogen (secondary N) is 1. The zero-order chi connectivity index (χ0) is 20.4. The molecule has 0 unspecified atom stereocenters. The predicted octanol–water partition coefficient (Wildman–Crippen LogP) is 1.78. The first-order chi connectivity index (χ1) is 14.1. The normalized spacial score (nSPS) is 23.3. The van der Waals surface area contributed by atoms with Crippen molar-refractivity contribution in [2.24, 2.45) is 5.92 Å². The van der Waals surface area contributed by atoms with Crippen LogP contribution in [0.3, 0.4) is 0 Å². The summed E-state index contributed by atoms with van der Waals surface area (Å²) < 4.78 is 6.16. The number of hydrogen-bond donors (Lipinski definition) is 1. The molecule has 1 N–H and O–H groups in total. The Kier molecular flexibility index (Phi) is 5.58. The molecule has 7 nitrogen and oxygen atoms in total. The van der Waals surface area contributed by atoms with Crippen LogP contribution in [0.4, 0.5) is 0 Å². The van der Waals surface area contributed by atoms with Gasteiger partial charge in [0.2, 0.25) is 11.8 Å². The van der Waals surface area contributed by atoms with Crippen LogP contribution in [0, 0.1) is 5.92 Å². The summed E-state index contributed by atoms with van der Waals surface area (Å²) in [5.74, 6) is 0.0328. The van der Waals surface area contributed by atoms with Gasteiger partial charge in [0.25, 0.3) is 5.91 Å². The third-order valence-electron chi connectivity index (χ3n) is 6.13. The number of carbonyl (C=O) groups is 3. The maximum Gasteiger partial charge on any atom is 0.256 e. The van der Waals surface area contributed by atoms with Crippen LogP contribution in [0.1, 0.15) is 49.4 Å². The Hall–Kier alpha value is -2.41. The largest absolute Gasteiger partial charge is 0.354 e. The second-order valence-electron chi connectivity index (χ2n) is 8.20. The first kappa shape index (κ1) is 19.9. The summed E-state index contributed by atoms with van der Waals surface area (Å²) in [6.45, 7) is 3.85.